The van der Waals surface area contributed by atoms with Crippen molar-refractivity contribution in [3.8, 4) is 11.3 Å². The van der Waals surface area contributed by atoms with Gasteiger partial charge < -0.3 is 24.8 Å². The third kappa shape index (κ3) is 6.41. The molecule has 12 heteroatoms. The number of piperidine rings is 1. The Balaban J connectivity index is 1.14. The summed E-state index contributed by atoms with van der Waals surface area (Å²) in [7, 11) is -3.74. The number of sulfonamides is 1. The second-order valence-electron chi connectivity index (χ2n) is 11.2. The molecule has 1 amide bonds. The SMILES string of the molecule is C=CC(=O)N[C@H]1CCCN(c2cccc(C(C)S(=O)(=O)Nc3ccc(-c4cc5c(N6CCOCC6)ncnc5[nH]4)cc3)c2)C1. The molecule has 230 valence electrons. The van der Waals surface area contributed by atoms with Gasteiger partial charge in [-0.25, -0.2) is 18.4 Å². The molecule has 2 aromatic heterocycles. The molecule has 2 aliphatic heterocycles. The molecule has 2 aromatic carbocycles. The van der Waals surface area contributed by atoms with Crippen LogP contribution in [-0.4, -0.2) is 74.7 Å². The maximum atomic E-state index is 13.4. The lowest BCUT2D eigenvalue weighted by molar-refractivity contribution is -0.117. The quantitative estimate of drug-likeness (QED) is 0.238. The van der Waals surface area contributed by atoms with Gasteiger partial charge >= 0.3 is 0 Å². The number of anilines is 3. The van der Waals surface area contributed by atoms with Crippen molar-refractivity contribution in [1.29, 1.82) is 0 Å². The minimum absolute atomic E-state index is 0.0211. The lowest BCUT2D eigenvalue weighted by Crippen LogP contribution is -2.47. The van der Waals surface area contributed by atoms with Gasteiger partial charge in [0, 0.05) is 49.3 Å². The predicted molar refractivity (Wildman–Crippen MR) is 173 cm³/mol. The Kier molecular flexibility index (Phi) is 8.53. The Morgan fingerprint density at radius 3 is 2.66 bits per heavy atom. The van der Waals surface area contributed by atoms with E-state index in [1.807, 2.05) is 42.5 Å². The Morgan fingerprint density at radius 1 is 1.09 bits per heavy atom. The lowest BCUT2D eigenvalue weighted by Gasteiger charge is -2.35. The number of carbonyl (C=O) groups is 1. The number of carbonyl (C=O) groups excluding carboxylic acids is 1. The van der Waals surface area contributed by atoms with Crippen LogP contribution in [0.2, 0.25) is 0 Å². The summed E-state index contributed by atoms with van der Waals surface area (Å²) in [6, 6.07) is 17.0. The average Bonchev–Trinajstić information content (AvgIpc) is 3.50. The summed E-state index contributed by atoms with van der Waals surface area (Å²) in [5, 5.41) is 3.13. The molecule has 0 radical (unpaired) electrons. The molecular formula is C32H37N7O4S. The molecule has 0 saturated carbocycles. The highest BCUT2D eigenvalue weighted by molar-refractivity contribution is 7.92. The largest absolute Gasteiger partial charge is 0.378 e. The predicted octanol–water partition coefficient (Wildman–Crippen LogP) is 4.24. The highest BCUT2D eigenvalue weighted by atomic mass is 32.2. The van der Waals surface area contributed by atoms with E-state index in [9.17, 15) is 13.2 Å². The van der Waals surface area contributed by atoms with Crippen molar-refractivity contribution in [3.63, 3.8) is 0 Å². The van der Waals surface area contributed by atoms with Crippen LogP contribution in [0.15, 0.2) is 73.6 Å². The summed E-state index contributed by atoms with van der Waals surface area (Å²) in [4.78, 5) is 28.5. The summed E-state index contributed by atoms with van der Waals surface area (Å²) in [6.45, 7) is 9.61. The molecule has 2 aliphatic rings. The number of ether oxygens (including phenoxy) is 1. The Labute approximate surface area is 257 Å². The number of nitrogens with one attached hydrogen (secondary N) is 3. The van der Waals surface area contributed by atoms with Crippen molar-refractivity contribution in [2.24, 2.45) is 0 Å². The number of nitrogens with zero attached hydrogens (tertiary/aromatic N) is 4. The summed E-state index contributed by atoms with van der Waals surface area (Å²) >= 11 is 0. The van der Waals surface area contributed by atoms with Gasteiger partial charge in [-0.2, -0.15) is 0 Å². The first kappa shape index (κ1) is 29.6. The third-order valence-electron chi connectivity index (χ3n) is 8.29. The summed E-state index contributed by atoms with van der Waals surface area (Å²) in [5.41, 5.74) is 4.64. The number of H-pyrrole nitrogens is 1. The minimum atomic E-state index is -3.74. The van der Waals surface area contributed by atoms with Crippen molar-refractivity contribution >= 4 is 44.2 Å². The molecule has 4 heterocycles. The molecule has 1 unspecified atom stereocenters. The first-order valence-electron chi connectivity index (χ1n) is 14.9. The standard InChI is InChI=1S/C32H37N7O4S/c1-3-30(40)35-26-7-5-13-39(20-26)27-8-4-6-24(18-27)22(2)44(41,42)37-25-11-9-23(10-12-25)29-19-28-31(36-29)33-21-34-32(28)38-14-16-43-17-15-38/h3-4,6,8-12,18-19,21-22,26,37H,1,5,7,13-17,20H2,2H3,(H,35,40)(H,33,34,36)/t22?,26-/m0/s1. The number of aromatic amines is 1. The first-order chi connectivity index (χ1) is 21.3. The van der Waals surface area contributed by atoms with E-state index in [0.717, 1.165) is 66.3 Å². The molecule has 2 fully saturated rings. The van der Waals surface area contributed by atoms with E-state index >= 15 is 0 Å². The summed E-state index contributed by atoms with van der Waals surface area (Å²) in [5.74, 6) is 0.695. The molecule has 0 bridgehead atoms. The van der Waals surface area contributed by atoms with Gasteiger partial charge in [-0.1, -0.05) is 30.8 Å². The van der Waals surface area contributed by atoms with E-state index in [0.29, 0.717) is 31.0 Å². The van der Waals surface area contributed by atoms with Crippen LogP contribution < -0.4 is 19.8 Å². The van der Waals surface area contributed by atoms with E-state index in [1.54, 1.807) is 25.4 Å². The number of aromatic nitrogens is 3. The fraction of sp³-hybridized carbons (Fsp3) is 0.344. The zero-order valence-electron chi connectivity index (χ0n) is 24.7. The maximum Gasteiger partial charge on any atom is 0.243 e. The number of amides is 1. The van der Waals surface area contributed by atoms with Gasteiger partial charge in [0.05, 0.1) is 18.6 Å². The molecule has 6 rings (SSSR count). The molecule has 0 spiro atoms. The number of morpholine rings is 1. The van der Waals surface area contributed by atoms with Crippen LogP contribution in [0.1, 0.15) is 30.6 Å². The molecule has 2 atom stereocenters. The molecule has 4 aromatic rings. The zero-order chi connectivity index (χ0) is 30.7. The summed E-state index contributed by atoms with van der Waals surface area (Å²) in [6.07, 6.45) is 4.67. The van der Waals surface area contributed by atoms with Crippen molar-refractivity contribution in [2.45, 2.75) is 31.1 Å². The highest BCUT2D eigenvalue weighted by Gasteiger charge is 2.26. The Bertz CT molecular complexity index is 1750. The van der Waals surface area contributed by atoms with E-state index in [2.05, 4.69) is 41.4 Å². The average molecular weight is 616 g/mol. The van der Waals surface area contributed by atoms with Gasteiger partial charge in [-0.15, -0.1) is 0 Å². The van der Waals surface area contributed by atoms with Crippen molar-refractivity contribution in [1.82, 2.24) is 20.3 Å². The minimum Gasteiger partial charge on any atom is -0.378 e. The lowest BCUT2D eigenvalue weighted by atomic mass is 10.0. The third-order valence-corrected chi connectivity index (χ3v) is 10.0. The highest BCUT2D eigenvalue weighted by Crippen LogP contribution is 2.32. The second kappa shape index (κ2) is 12.7. The van der Waals surface area contributed by atoms with E-state index in [1.165, 1.54) is 6.08 Å². The van der Waals surface area contributed by atoms with Crippen LogP contribution in [0.4, 0.5) is 17.2 Å². The number of benzene rings is 2. The molecule has 2 saturated heterocycles. The summed E-state index contributed by atoms with van der Waals surface area (Å²) < 4.78 is 35.1. The maximum absolute atomic E-state index is 13.4. The van der Waals surface area contributed by atoms with Crippen LogP contribution >= 0.6 is 0 Å². The smallest absolute Gasteiger partial charge is 0.243 e. The molecule has 0 aliphatic carbocycles. The topological polar surface area (TPSA) is 133 Å². The van der Waals surface area contributed by atoms with Gasteiger partial charge in [-0.3, -0.25) is 9.52 Å². The molecule has 44 heavy (non-hydrogen) atoms. The fourth-order valence-electron chi connectivity index (χ4n) is 5.82. The van der Waals surface area contributed by atoms with E-state index in [-0.39, 0.29) is 11.9 Å². The second-order valence-corrected chi connectivity index (χ2v) is 13.2. The zero-order valence-corrected chi connectivity index (χ0v) is 25.5. The van der Waals surface area contributed by atoms with Crippen LogP contribution in [0.3, 0.4) is 0 Å². The van der Waals surface area contributed by atoms with Gasteiger partial charge in [0.2, 0.25) is 15.9 Å². The normalized spacial score (nSPS) is 18.2. The fourth-order valence-corrected chi connectivity index (χ4v) is 6.97. The van der Waals surface area contributed by atoms with Gasteiger partial charge in [0.1, 0.15) is 23.0 Å². The van der Waals surface area contributed by atoms with Crippen LogP contribution in [-0.2, 0) is 19.6 Å². The Hall–Kier alpha value is -4.42. The number of hydrogen-bond acceptors (Lipinski definition) is 8. The number of hydrogen-bond donors (Lipinski definition) is 3. The Morgan fingerprint density at radius 2 is 1.89 bits per heavy atom. The van der Waals surface area contributed by atoms with Crippen molar-refractivity contribution in [3.05, 3.63) is 79.1 Å². The van der Waals surface area contributed by atoms with Crippen LogP contribution in [0.5, 0.6) is 0 Å². The number of fused-ring (bicyclic) bond motifs is 1. The first-order valence-corrected chi connectivity index (χ1v) is 16.4. The van der Waals surface area contributed by atoms with Crippen molar-refractivity contribution in [2.75, 3.05) is 53.9 Å². The van der Waals surface area contributed by atoms with Gasteiger partial charge in [0.15, 0.2) is 0 Å². The van der Waals surface area contributed by atoms with Gasteiger partial charge in [-0.05, 0) is 67.3 Å². The van der Waals surface area contributed by atoms with E-state index < -0.39 is 15.3 Å². The molecule has 3 N–H and O–H groups in total. The molecular weight excluding hydrogens is 578 g/mol. The molecule has 11 nitrogen and oxygen atoms in total. The monoisotopic (exact) mass is 615 g/mol. The van der Waals surface area contributed by atoms with E-state index in [4.69, 9.17) is 4.74 Å². The van der Waals surface area contributed by atoms with Gasteiger partial charge in [0.25, 0.3) is 0 Å². The van der Waals surface area contributed by atoms with Crippen molar-refractivity contribution < 1.29 is 17.9 Å². The van der Waals surface area contributed by atoms with Crippen LogP contribution in [0.25, 0.3) is 22.3 Å². The number of rotatable bonds is 9. The van der Waals surface area contributed by atoms with Crippen LogP contribution in [0, 0.1) is 0 Å².